The molecule has 180 valence electrons. The molecule has 1 saturated heterocycles. The normalized spacial score (nSPS) is 13.6. The number of aromatic nitrogens is 4. The molecule has 4 heterocycles. The number of hydrogen-bond acceptors (Lipinski definition) is 8. The summed E-state index contributed by atoms with van der Waals surface area (Å²) >= 11 is 0. The SMILES string of the molecule is COC(=O)N1CC(c2nc(-c3ccc(C)c(NC(=O)c4cnc5ccc(CCN)cn45)c3)no2)C1. The first kappa shape index (κ1) is 22.5. The van der Waals surface area contributed by atoms with E-state index in [9.17, 15) is 9.59 Å². The zero-order valence-corrected chi connectivity index (χ0v) is 19.4. The van der Waals surface area contributed by atoms with Crippen LogP contribution in [-0.4, -0.2) is 63.2 Å². The fourth-order valence-electron chi connectivity index (χ4n) is 4.02. The van der Waals surface area contributed by atoms with E-state index in [0.717, 1.165) is 11.1 Å². The predicted octanol–water partition coefficient (Wildman–Crippen LogP) is 2.61. The number of anilines is 1. The Morgan fingerprint density at radius 1 is 1.26 bits per heavy atom. The largest absolute Gasteiger partial charge is 0.453 e. The van der Waals surface area contributed by atoms with Gasteiger partial charge in [-0.3, -0.25) is 9.20 Å². The number of nitrogens with one attached hydrogen (secondary N) is 1. The van der Waals surface area contributed by atoms with Crippen molar-refractivity contribution in [3.05, 3.63) is 65.4 Å². The molecule has 3 N–H and O–H groups in total. The topological polar surface area (TPSA) is 141 Å². The minimum Gasteiger partial charge on any atom is -0.453 e. The molecule has 0 spiro atoms. The number of hydrogen-bond donors (Lipinski definition) is 2. The lowest BCUT2D eigenvalue weighted by Gasteiger charge is -2.35. The van der Waals surface area contributed by atoms with Crippen molar-refractivity contribution in [2.24, 2.45) is 5.73 Å². The number of carbonyl (C=O) groups excluding carboxylic acids is 2. The number of pyridine rings is 1. The van der Waals surface area contributed by atoms with Gasteiger partial charge in [-0.1, -0.05) is 23.4 Å². The minimum atomic E-state index is -0.374. The van der Waals surface area contributed by atoms with E-state index in [1.54, 1.807) is 15.5 Å². The third kappa shape index (κ3) is 4.33. The van der Waals surface area contributed by atoms with Gasteiger partial charge in [0.15, 0.2) is 0 Å². The van der Waals surface area contributed by atoms with Crippen molar-refractivity contribution < 1.29 is 18.8 Å². The molecule has 0 atom stereocenters. The van der Waals surface area contributed by atoms with Crippen molar-refractivity contribution in [2.75, 3.05) is 32.1 Å². The van der Waals surface area contributed by atoms with Crippen LogP contribution in [0, 0.1) is 6.92 Å². The summed E-state index contributed by atoms with van der Waals surface area (Å²) in [5, 5.41) is 7.06. The molecule has 1 aliphatic rings. The summed E-state index contributed by atoms with van der Waals surface area (Å²) in [5.74, 6) is 0.562. The zero-order valence-electron chi connectivity index (χ0n) is 19.4. The van der Waals surface area contributed by atoms with Crippen LogP contribution in [0.4, 0.5) is 10.5 Å². The number of aryl methyl sites for hydroxylation is 1. The van der Waals surface area contributed by atoms with E-state index in [2.05, 4.69) is 20.4 Å². The van der Waals surface area contributed by atoms with E-state index in [4.69, 9.17) is 15.0 Å². The summed E-state index contributed by atoms with van der Waals surface area (Å²) in [6, 6.07) is 9.40. The fourth-order valence-corrected chi connectivity index (χ4v) is 4.02. The molecule has 0 radical (unpaired) electrons. The highest BCUT2D eigenvalue weighted by Crippen LogP contribution is 2.29. The van der Waals surface area contributed by atoms with Crippen molar-refractivity contribution in [2.45, 2.75) is 19.3 Å². The number of methoxy groups -OCH3 is 1. The first-order valence-electron chi connectivity index (χ1n) is 11.2. The van der Waals surface area contributed by atoms with E-state index < -0.39 is 0 Å². The quantitative estimate of drug-likeness (QED) is 0.434. The number of likely N-dealkylation sites (tertiary alicyclic amines) is 1. The van der Waals surface area contributed by atoms with Gasteiger partial charge in [-0.25, -0.2) is 9.78 Å². The summed E-state index contributed by atoms with van der Waals surface area (Å²) < 4.78 is 11.9. The maximum absolute atomic E-state index is 13.1. The van der Waals surface area contributed by atoms with Crippen LogP contribution in [0.3, 0.4) is 0 Å². The number of fused-ring (bicyclic) bond motifs is 1. The van der Waals surface area contributed by atoms with Gasteiger partial charge in [0, 0.05) is 30.5 Å². The van der Waals surface area contributed by atoms with Crippen LogP contribution in [-0.2, 0) is 11.2 Å². The lowest BCUT2D eigenvalue weighted by molar-refractivity contribution is 0.0804. The Balaban J connectivity index is 1.34. The molecule has 0 aliphatic carbocycles. The monoisotopic (exact) mass is 475 g/mol. The van der Waals surface area contributed by atoms with Crippen LogP contribution in [0.15, 0.2) is 47.2 Å². The number of benzene rings is 1. The molecule has 35 heavy (non-hydrogen) atoms. The summed E-state index contributed by atoms with van der Waals surface area (Å²) in [5.41, 5.74) is 10.0. The number of nitrogens with two attached hydrogens (primary N) is 1. The molecule has 11 nitrogen and oxygen atoms in total. The smallest absolute Gasteiger partial charge is 0.409 e. The molecule has 2 amide bonds. The van der Waals surface area contributed by atoms with Gasteiger partial charge in [0.1, 0.15) is 11.3 Å². The van der Waals surface area contributed by atoms with Gasteiger partial charge >= 0.3 is 6.09 Å². The van der Waals surface area contributed by atoms with Crippen LogP contribution < -0.4 is 11.1 Å². The number of ether oxygens (including phenoxy) is 1. The van der Waals surface area contributed by atoms with Crippen molar-refractivity contribution >= 4 is 23.3 Å². The van der Waals surface area contributed by atoms with Gasteiger partial charge in [0.25, 0.3) is 5.91 Å². The first-order chi connectivity index (χ1) is 17.0. The second-order valence-corrected chi connectivity index (χ2v) is 8.46. The Kier molecular flexibility index (Phi) is 5.91. The van der Waals surface area contributed by atoms with Crippen molar-refractivity contribution in [3.8, 4) is 11.4 Å². The van der Waals surface area contributed by atoms with E-state index in [1.165, 1.54) is 7.11 Å². The second kappa shape index (κ2) is 9.18. The fraction of sp³-hybridized carbons (Fsp3) is 0.292. The van der Waals surface area contributed by atoms with Crippen LogP contribution in [0.25, 0.3) is 17.0 Å². The zero-order chi connectivity index (χ0) is 24.5. The number of nitrogens with zero attached hydrogens (tertiary/aromatic N) is 5. The van der Waals surface area contributed by atoms with Crippen LogP contribution in [0.5, 0.6) is 0 Å². The second-order valence-electron chi connectivity index (χ2n) is 8.46. The molecular formula is C24H25N7O4. The van der Waals surface area contributed by atoms with Gasteiger partial charge < -0.3 is 25.2 Å². The first-order valence-corrected chi connectivity index (χ1v) is 11.2. The Hall–Kier alpha value is -4.25. The number of carbonyl (C=O) groups is 2. The maximum Gasteiger partial charge on any atom is 0.409 e. The van der Waals surface area contributed by atoms with Gasteiger partial charge in [-0.05, 0) is 43.1 Å². The Labute approximate surface area is 200 Å². The summed E-state index contributed by atoms with van der Waals surface area (Å²) in [6.07, 6.45) is 3.78. The van der Waals surface area contributed by atoms with Crippen molar-refractivity contribution in [1.82, 2.24) is 24.4 Å². The molecule has 1 fully saturated rings. The van der Waals surface area contributed by atoms with Gasteiger partial charge in [0.2, 0.25) is 11.7 Å². The Morgan fingerprint density at radius 3 is 2.86 bits per heavy atom. The summed E-state index contributed by atoms with van der Waals surface area (Å²) in [7, 11) is 1.35. The lowest BCUT2D eigenvalue weighted by Crippen LogP contribution is -2.48. The van der Waals surface area contributed by atoms with E-state index in [1.807, 2.05) is 43.5 Å². The number of amides is 2. The predicted molar refractivity (Wildman–Crippen MR) is 127 cm³/mol. The Morgan fingerprint density at radius 2 is 2.09 bits per heavy atom. The molecule has 4 aromatic rings. The molecule has 1 aliphatic heterocycles. The average Bonchev–Trinajstić information content (AvgIpc) is 3.47. The van der Waals surface area contributed by atoms with Crippen molar-refractivity contribution in [3.63, 3.8) is 0 Å². The molecule has 5 rings (SSSR count). The number of rotatable bonds is 6. The lowest BCUT2D eigenvalue weighted by atomic mass is 10.0. The molecule has 3 aromatic heterocycles. The van der Waals surface area contributed by atoms with Crippen LogP contribution in [0.2, 0.25) is 0 Å². The third-order valence-corrected chi connectivity index (χ3v) is 6.08. The minimum absolute atomic E-state index is 0.0284. The third-order valence-electron chi connectivity index (χ3n) is 6.08. The van der Waals surface area contributed by atoms with E-state index in [0.29, 0.717) is 60.4 Å². The molecule has 0 unspecified atom stereocenters. The van der Waals surface area contributed by atoms with Crippen LogP contribution in [0.1, 0.15) is 33.4 Å². The molecule has 11 heteroatoms. The van der Waals surface area contributed by atoms with Gasteiger partial charge in [-0.2, -0.15) is 4.98 Å². The van der Waals surface area contributed by atoms with Gasteiger partial charge in [-0.15, -0.1) is 0 Å². The Bertz CT molecular complexity index is 1400. The number of imidazole rings is 1. The summed E-state index contributed by atoms with van der Waals surface area (Å²) in [6.45, 7) is 3.37. The van der Waals surface area contributed by atoms with Crippen molar-refractivity contribution in [1.29, 1.82) is 0 Å². The van der Waals surface area contributed by atoms with Crippen LogP contribution >= 0.6 is 0 Å². The molecule has 0 bridgehead atoms. The molecule has 1 aromatic carbocycles. The summed E-state index contributed by atoms with van der Waals surface area (Å²) in [4.78, 5) is 35.1. The highest BCUT2D eigenvalue weighted by molar-refractivity contribution is 6.04. The van der Waals surface area contributed by atoms with E-state index >= 15 is 0 Å². The standard InChI is InChI=1S/C24H25N7O4/c1-14-3-5-16(21-28-23(35-29-21)17-12-30(13-17)24(33)34-2)9-18(14)27-22(32)19-10-26-20-6-4-15(7-8-25)11-31(19)20/h3-6,9-11,17H,7-8,12-13,25H2,1-2H3,(H,27,32). The maximum atomic E-state index is 13.1. The van der Waals surface area contributed by atoms with E-state index in [-0.39, 0.29) is 17.9 Å². The van der Waals surface area contributed by atoms with Gasteiger partial charge in [0.05, 0.1) is 19.2 Å². The molecule has 0 saturated carbocycles. The highest BCUT2D eigenvalue weighted by Gasteiger charge is 2.36. The average molecular weight is 476 g/mol. The molecular weight excluding hydrogens is 450 g/mol. The highest BCUT2D eigenvalue weighted by atomic mass is 16.5.